The van der Waals surface area contributed by atoms with Gasteiger partial charge in [0.2, 0.25) is 0 Å². The SMILES string of the molecule is CCn1c(=O)sc2cc(NC(=O)c3ccc(Cl)cc3F)ccc21. The number of nitrogens with one attached hydrogen (secondary N) is 1. The molecule has 0 saturated heterocycles. The van der Waals surface area contributed by atoms with E-state index in [1.807, 2.05) is 6.92 Å². The number of hydrogen-bond donors (Lipinski definition) is 1. The van der Waals surface area contributed by atoms with Crippen molar-refractivity contribution in [1.29, 1.82) is 0 Å². The lowest BCUT2D eigenvalue weighted by Crippen LogP contribution is -2.13. The van der Waals surface area contributed by atoms with E-state index in [0.717, 1.165) is 27.6 Å². The maximum absolute atomic E-state index is 13.8. The van der Waals surface area contributed by atoms with Gasteiger partial charge >= 0.3 is 4.87 Å². The number of aryl methyl sites for hydroxylation is 1. The first-order valence-corrected chi connectivity index (χ1v) is 8.09. The van der Waals surface area contributed by atoms with E-state index in [-0.39, 0.29) is 15.5 Å². The second-order valence-electron chi connectivity index (χ2n) is 4.87. The van der Waals surface area contributed by atoms with Crippen LogP contribution in [-0.2, 0) is 6.54 Å². The fraction of sp³-hybridized carbons (Fsp3) is 0.125. The number of thiazole rings is 1. The number of benzene rings is 2. The molecule has 7 heteroatoms. The Morgan fingerprint density at radius 2 is 2.09 bits per heavy atom. The number of nitrogens with zero attached hydrogens (tertiary/aromatic N) is 1. The zero-order chi connectivity index (χ0) is 16.6. The summed E-state index contributed by atoms with van der Waals surface area (Å²) in [6.45, 7) is 2.48. The zero-order valence-corrected chi connectivity index (χ0v) is 13.7. The van der Waals surface area contributed by atoms with E-state index >= 15 is 0 Å². The Bertz CT molecular complexity index is 964. The summed E-state index contributed by atoms with van der Waals surface area (Å²) in [6.07, 6.45) is 0. The van der Waals surface area contributed by atoms with Crippen molar-refractivity contribution >= 4 is 44.7 Å². The van der Waals surface area contributed by atoms with Gasteiger partial charge in [0.25, 0.3) is 5.91 Å². The Labute approximate surface area is 140 Å². The predicted molar refractivity (Wildman–Crippen MR) is 91.1 cm³/mol. The number of aromatic nitrogens is 1. The normalized spacial score (nSPS) is 10.9. The molecule has 0 fully saturated rings. The molecule has 0 radical (unpaired) electrons. The Balaban J connectivity index is 1.92. The molecule has 4 nitrogen and oxygen atoms in total. The van der Waals surface area contributed by atoms with E-state index in [0.29, 0.717) is 12.2 Å². The third-order valence-corrected chi connectivity index (χ3v) is 4.60. The van der Waals surface area contributed by atoms with Gasteiger partial charge in [0.15, 0.2) is 0 Å². The van der Waals surface area contributed by atoms with Gasteiger partial charge in [-0.3, -0.25) is 14.2 Å². The number of anilines is 1. The van der Waals surface area contributed by atoms with Crippen molar-refractivity contribution in [2.24, 2.45) is 0 Å². The summed E-state index contributed by atoms with van der Waals surface area (Å²) in [5.41, 5.74) is 1.23. The molecule has 0 saturated carbocycles. The van der Waals surface area contributed by atoms with E-state index in [2.05, 4.69) is 5.32 Å². The van der Waals surface area contributed by atoms with Crippen LogP contribution in [0.2, 0.25) is 5.02 Å². The highest BCUT2D eigenvalue weighted by Gasteiger charge is 2.13. The van der Waals surface area contributed by atoms with E-state index < -0.39 is 11.7 Å². The minimum atomic E-state index is -0.683. The molecule has 2 aromatic carbocycles. The third kappa shape index (κ3) is 3.00. The standard InChI is InChI=1S/C16H12ClFN2O2S/c1-2-20-13-6-4-10(8-14(13)23-16(20)22)19-15(21)11-5-3-9(17)7-12(11)18/h3-8H,2H2,1H3,(H,19,21). The molecule has 1 heterocycles. The number of fused-ring (bicyclic) bond motifs is 1. The molecular formula is C16H12ClFN2O2S. The van der Waals surface area contributed by atoms with Crippen LogP contribution in [0.25, 0.3) is 10.2 Å². The molecule has 1 N–H and O–H groups in total. The van der Waals surface area contributed by atoms with Gasteiger partial charge in [-0.1, -0.05) is 22.9 Å². The molecule has 23 heavy (non-hydrogen) atoms. The summed E-state index contributed by atoms with van der Waals surface area (Å²) in [5.74, 6) is -1.25. The Morgan fingerprint density at radius 1 is 1.30 bits per heavy atom. The fourth-order valence-electron chi connectivity index (χ4n) is 2.32. The van der Waals surface area contributed by atoms with Crippen LogP contribution in [0.5, 0.6) is 0 Å². The van der Waals surface area contributed by atoms with Crippen molar-refractivity contribution in [2.75, 3.05) is 5.32 Å². The van der Waals surface area contributed by atoms with Gasteiger partial charge < -0.3 is 5.32 Å². The number of amides is 1. The van der Waals surface area contributed by atoms with Crippen LogP contribution < -0.4 is 10.2 Å². The average molecular weight is 351 g/mol. The zero-order valence-electron chi connectivity index (χ0n) is 12.1. The molecule has 1 amide bonds. The Hall–Kier alpha value is -2.18. The highest BCUT2D eigenvalue weighted by Crippen LogP contribution is 2.23. The lowest BCUT2D eigenvalue weighted by molar-refractivity contribution is 0.102. The molecule has 0 aliphatic carbocycles. The highest BCUT2D eigenvalue weighted by molar-refractivity contribution is 7.16. The lowest BCUT2D eigenvalue weighted by Gasteiger charge is -2.07. The van der Waals surface area contributed by atoms with E-state index in [9.17, 15) is 14.0 Å². The van der Waals surface area contributed by atoms with Crippen LogP contribution in [0.15, 0.2) is 41.2 Å². The first-order chi connectivity index (χ1) is 11.0. The molecule has 1 aromatic heterocycles. The average Bonchev–Trinajstić information content (AvgIpc) is 2.81. The Morgan fingerprint density at radius 3 is 2.78 bits per heavy atom. The maximum Gasteiger partial charge on any atom is 0.308 e. The minimum Gasteiger partial charge on any atom is -0.322 e. The first-order valence-electron chi connectivity index (χ1n) is 6.89. The monoisotopic (exact) mass is 350 g/mol. The van der Waals surface area contributed by atoms with E-state index in [1.54, 1.807) is 22.8 Å². The number of hydrogen-bond acceptors (Lipinski definition) is 3. The molecule has 0 unspecified atom stereocenters. The molecule has 3 rings (SSSR count). The summed E-state index contributed by atoms with van der Waals surface area (Å²) in [6, 6.07) is 9.04. The molecule has 118 valence electrons. The largest absolute Gasteiger partial charge is 0.322 e. The van der Waals surface area contributed by atoms with Gasteiger partial charge in [0.05, 0.1) is 15.8 Å². The van der Waals surface area contributed by atoms with Crippen LogP contribution >= 0.6 is 22.9 Å². The molecule has 0 atom stereocenters. The molecule has 3 aromatic rings. The second kappa shape index (κ2) is 6.14. The van der Waals surface area contributed by atoms with Crippen LogP contribution in [-0.4, -0.2) is 10.5 Å². The van der Waals surface area contributed by atoms with Crippen molar-refractivity contribution in [3.05, 3.63) is 62.5 Å². The molecule has 0 aliphatic heterocycles. The number of halogens is 2. The number of carbonyl (C=O) groups excluding carboxylic acids is 1. The first kappa shape index (κ1) is 15.7. The molecule has 0 aliphatic rings. The van der Waals surface area contributed by atoms with Gasteiger partial charge in [0.1, 0.15) is 5.82 Å². The van der Waals surface area contributed by atoms with E-state index in [1.165, 1.54) is 12.1 Å². The van der Waals surface area contributed by atoms with Crippen LogP contribution in [0.1, 0.15) is 17.3 Å². The van der Waals surface area contributed by atoms with Crippen molar-refractivity contribution in [3.63, 3.8) is 0 Å². The predicted octanol–water partition coefficient (Wildman–Crippen LogP) is 4.13. The lowest BCUT2D eigenvalue weighted by atomic mass is 10.2. The Kier molecular flexibility index (Phi) is 4.19. The second-order valence-corrected chi connectivity index (χ2v) is 6.30. The van der Waals surface area contributed by atoms with Gasteiger partial charge in [-0.25, -0.2) is 4.39 Å². The highest BCUT2D eigenvalue weighted by atomic mass is 35.5. The topological polar surface area (TPSA) is 51.1 Å². The van der Waals surface area contributed by atoms with Crippen molar-refractivity contribution in [1.82, 2.24) is 4.57 Å². The maximum atomic E-state index is 13.8. The van der Waals surface area contributed by atoms with Crippen LogP contribution in [0, 0.1) is 5.82 Å². The van der Waals surface area contributed by atoms with Gasteiger partial charge in [-0.15, -0.1) is 0 Å². The molecule has 0 bridgehead atoms. The van der Waals surface area contributed by atoms with Crippen LogP contribution in [0.3, 0.4) is 0 Å². The molecular weight excluding hydrogens is 339 g/mol. The van der Waals surface area contributed by atoms with Crippen molar-refractivity contribution < 1.29 is 9.18 Å². The quantitative estimate of drug-likeness (QED) is 0.772. The molecule has 0 spiro atoms. The fourth-order valence-corrected chi connectivity index (χ4v) is 3.47. The van der Waals surface area contributed by atoms with Gasteiger partial charge in [0, 0.05) is 17.3 Å². The number of rotatable bonds is 3. The van der Waals surface area contributed by atoms with E-state index in [4.69, 9.17) is 11.6 Å². The smallest absolute Gasteiger partial charge is 0.308 e. The van der Waals surface area contributed by atoms with Crippen molar-refractivity contribution in [3.8, 4) is 0 Å². The summed E-state index contributed by atoms with van der Waals surface area (Å²) >= 11 is 6.79. The van der Waals surface area contributed by atoms with Crippen molar-refractivity contribution in [2.45, 2.75) is 13.5 Å². The summed E-state index contributed by atoms with van der Waals surface area (Å²) in [5, 5.41) is 2.86. The third-order valence-electron chi connectivity index (χ3n) is 3.42. The summed E-state index contributed by atoms with van der Waals surface area (Å²) < 4.78 is 16.2. The summed E-state index contributed by atoms with van der Waals surface area (Å²) in [7, 11) is 0. The van der Waals surface area contributed by atoms with Gasteiger partial charge in [-0.2, -0.15) is 0 Å². The minimum absolute atomic E-state index is 0.0466. The van der Waals surface area contributed by atoms with Crippen LogP contribution in [0.4, 0.5) is 10.1 Å². The number of carbonyl (C=O) groups is 1. The van der Waals surface area contributed by atoms with Gasteiger partial charge in [-0.05, 0) is 43.3 Å². The summed E-state index contributed by atoms with van der Waals surface area (Å²) in [4.78, 5) is 23.9.